The van der Waals surface area contributed by atoms with E-state index >= 15 is 0 Å². The van der Waals surface area contributed by atoms with Crippen LogP contribution in [0.15, 0.2) is 277 Å². The highest BCUT2D eigenvalue weighted by Gasteiger charge is 2.48. The summed E-state index contributed by atoms with van der Waals surface area (Å²) < 4.78 is 6.23. The average molecular weight is 892 g/mol. The largest absolute Gasteiger partial charge is 0.456 e. The number of furan rings is 1. The Balaban J connectivity index is 0.997. The Kier molecular flexibility index (Phi) is 9.06. The fraction of sp³-hybridized carbons (Fsp3) is 0.0294. The van der Waals surface area contributed by atoms with Crippen LogP contribution in [-0.2, 0) is 10.8 Å². The van der Waals surface area contributed by atoms with Gasteiger partial charge in [-0.2, -0.15) is 0 Å². The van der Waals surface area contributed by atoms with Gasteiger partial charge in [-0.25, -0.2) is 0 Å². The van der Waals surface area contributed by atoms with Crippen molar-refractivity contribution >= 4 is 39.0 Å². The molecule has 11 aromatic carbocycles. The smallest absolute Gasteiger partial charge is 0.135 e. The number of nitrogens with zero attached hydrogens (tertiary/aromatic N) is 1. The summed E-state index contributed by atoms with van der Waals surface area (Å²) in [6.07, 6.45) is 0. The predicted octanol–water partition coefficient (Wildman–Crippen LogP) is 17.4. The Labute approximate surface area is 408 Å². The molecule has 0 saturated carbocycles. The number of para-hydroxylation sites is 1. The van der Waals surface area contributed by atoms with Gasteiger partial charge in [-0.3, -0.25) is 0 Å². The van der Waals surface area contributed by atoms with Crippen LogP contribution in [0.5, 0.6) is 0 Å². The first-order valence-corrected chi connectivity index (χ1v) is 24.2. The SMILES string of the molecule is c1ccc(C2(c3ccccc3)c3ccccc3-c3cc(N(c4ccc(-c5ccc6oc7ccccc7c6c5)cc4)c4ccc5c(c4)C(c4ccccc4)(c4ccccc4)c4ccccc4-5)ccc32)cc1. The van der Waals surface area contributed by atoms with Gasteiger partial charge in [0.1, 0.15) is 11.2 Å². The van der Waals surface area contributed by atoms with E-state index in [1.54, 1.807) is 0 Å². The van der Waals surface area contributed by atoms with Crippen LogP contribution in [0.25, 0.3) is 55.3 Å². The third kappa shape index (κ3) is 5.80. The molecule has 0 saturated heterocycles. The van der Waals surface area contributed by atoms with E-state index in [0.29, 0.717) is 0 Å². The summed E-state index contributed by atoms with van der Waals surface area (Å²) in [5.41, 5.74) is 21.5. The summed E-state index contributed by atoms with van der Waals surface area (Å²) in [6, 6.07) is 101. The lowest BCUT2D eigenvalue weighted by Gasteiger charge is -2.35. The van der Waals surface area contributed by atoms with Crippen molar-refractivity contribution in [2.75, 3.05) is 4.90 Å². The van der Waals surface area contributed by atoms with Crippen LogP contribution < -0.4 is 4.90 Å². The van der Waals surface area contributed by atoms with Gasteiger partial charge in [-0.1, -0.05) is 218 Å². The Hall–Kier alpha value is -8.98. The van der Waals surface area contributed by atoms with Crippen molar-refractivity contribution in [3.63, 3.8) is 0 Å². The summed E-state index contributed by atoms with van der Waals surface area (Å²) in [4.78, 5) is 2.47. The lowest BCUT2D eigenvalue weighted by atomic mass is 9.67. The molecular formula is C68H45NO. The second-order valence-electron chi connectivity index (χ2n) is 18.7. The van der Waals surface area contributed by atoms with E-state index in [2.05, 4.69) is 266 Å². The zero-order valence-electron chi connectivity index (χ0n) is 38.3. The standard InChI is InChI=1S/C68H45NO/c1-5-19-48(20-6-1)67(49-21-7-2-8-22-49)62-31-17-14-28-56(62)59-44-53(39-41-63(59)67)69(52-36-33-46(34-37-52)47-35-42-66-60(43-47)58-29-15-18-32-65(58)70-66)54-38-40-57-55-27-13-16-30-61(55)68(64(57)45-54,50-23-9-3-10-24-50)51-25-11-4-12-26-51/h1-45H. The van der Waals surface area contributed by atoms with Gasteiger partial charge in [0.05, 0.1) is 10.8 Å². The number of hydrogen-bond acceptors (Lipinski definition) is 2. The van der Waals surface area contributed by atoms with E-state index in [1.165, 1.54) is 66.8 Å². The highest BCUT2D eigenvalue weighted by molar-refractivity contribution is 6.06. The van der Waals surface area contributed by atoms with Gasteiger partial charge in [0, 0.05) is 27.8 Å². The molecule has 0 aliphatic heterocycles. The molecule has 1 heterocycles. The normalized spacial score (nSPS) is 13.7. The second-order valence-corrected chi connectivity index (χ2v) is 18.7. The monoisotopic (exact) mass is 891 g/mol. The Morgan fingerprint density at radius 3 is 1.30 bits per heavy atom. The van der Waals surface area contributed by atoms with Gasteiger partial charge in [0.2, 0.25) is 0 Å². The molecule has 1 aromatic heterocycles. The molecule has 0 fully saturated rings. The van der Waals surface area contributed by atoms with Crippen LogP contribution in [0, 0.1) is 0 Å². The first kappa shape index (κ1) is 40.1. The molecule has 2 heteroatoms. The molecule has 0 amide bonds. The Morgan fingerprint density at radius 1 is 0.257 bits per heavy atom. The van der Waals surface area contributed by atoms with Gasteiger partial charge < -0.3 is 9.32 Å². The van der Waals surface area contributed by atoms with E-state index in [1.807, 2.05) is 12.1 Å². The molecule has 0 spiro atoms. The molecule has 0 atom stereocenters. The Bertz CT molecular complexity index is 3850. The number of fused-ring (bicyclic) bond motifs is 9. The number of benzene rings is 11. The van der Waals surface area contributed by atoms with Crippen LogP contribution in [0.4, 0.5) is 17.1 Å². The topological polar surface area (TPSA) is 16.4 Å². The third-order valence-corrected chi connectivity index (χ3v) is 15.2. The molecule has 328 valence electrons. The van der Waals surface area contributed by atoms with Gasteiger partial charge in [0.15, 0.2) is 0 Å². The van der Waals surface area contributed by atoms with Crippen molar-refractivity contribution < 1.29 is 4.42 Å². The molecule has 2 aliphatic rings. The van der Waals surface area contributed by atoms with E-state index in [0.717, 1.165) is 50.1 Å². The minimum atomic E-state index is -0.544. The van der Waals surface area contributed by atoms with Crippen molar-refractivity contribution in [2.24, 2.45) is 0 Å². The summed E-state index contributed by atoms with van der Waals surface area (Å²) in [6.45, 7) is 0. The third-order valence-electron chi connectivity index (χ3n) is 15.2. The lowest BCUT2D eigenvalue weighted by Crippen LogP contribution is -2.28. The van der Waals surface area contributed by atoms with Crippen molar-refractivity contribution in [2.45, 2.75) is 10.8 Å². The van der Waals surface area contributed by atoms with Crippen molar-refractivity contribution in [3.05, 3.63) is 317 Å². The highest BCUT2D eigenvalue weighted by Crippen LogP contribution is 2.59. The fourth-order valence-corrected chi connectivity index (χ4v) is 12.3. The molecule has 0 N–H and O–H groups in total. The zero-order valence-corrected chi connectivity index (χ0v) is 38.3. The number of hydrogen-bond donors (Lipinski definition) is 0. The van der Waals surface area contributed by atoms with E-state index in [-0.39, 0.29) is 0 Å². The van der Waals surface area contributed by atoms with Crippen LogP contribution >= 0.6 is 0 Å². The Morgan fingerprint density at radius 2 is 0.686 bits per heavy atom. The van der Waals surface area contributed by atoms with E-state index < -0.39 is 10.8 Å². The minimum absolute atomic E-state index is 0.495. The molecule has 0 radical (unpaired) electrons. The maximum atomic E-state index is 6.23. The van der Waals surface area contributed by atoms with Crippen molar-refractivity contribution in [1.29, 1.82) is 0 Å². The summed E-state index contributed by atoms with van der Waals surface area (Å²) in [7, 11) is 0. The summed E-state index contributed by atoms with van der Waals surface area (Å²) >= 11 is 0. The number of anilines is 3. The fourth-order valence-electron chi connectivity index (χ4n) is 12.3. The second kappa shape index (κ2) is 15.8. The van der Waals surface area contributed by atoms with Gasteiger partial charge in [-0.05, 0) is 132 Å². The molecule has 0 unspecified atom stereocenters. The molecule has 14 rings (SSSR count). The molecule has 70 heavy (non-hydrogen) atoms. The minimum Gasteiger partial charge on any atom is -0.456 e. The van der Waals surface area contributed by atoms with Crippen LogP contribution in [0.1, 0.15) is 44.5 Å². The zero-order chi connectivity index (χ0) is 46.2. The van der Waals surface area contributed by atoms with Crippen molar-refractivity contribution in [1.82, 2.24) is 0 Å². The van der Waals surface area contributed by atoms with Gasteiger partial charge in [0.25, 0.3) is 0 Å². The first-order valence-electron chi connectivity index (χ1n) is 24.2. The predicted molar refractivity (Wildman–Crippen MR) is 288 cm³/mol. The first-order chi connectivity index (χ1) is 34.7. The van der Waals surface area contributed by atoms with Gasteiger partial charge in [-0.15, -0.1) is 0 Å². The highest BCUT2D eigenvalue weighted by atomic mass is 16.3. The molecular weight excluding hydrogens is 847 g/mol. The molecule has 2 aliphatic carbocycles. The van der Waals surface area contributed by atoms with Crippen molar-refractivity contribution in [3.8, 4) is 33.4 Å². The maximum absolute atomic E-state index is 6.23. The van der Waals surface area contributed by atoms with Crippen LogP contribution in [0.2, 0.25) is 0 Å². The van der Waals surface area contributed by atoms with E-state index in [9.17, 15) is 0 Å². The number of rotatable bonds is 8. The molecule has 0 bridgehead atoms. The van der Waals surface area contributed by atoms with Crippen LogP contribution in [0.3, 0.4) is 0 Å². The summed E-state index contributed by atoms with van der Waals surface area (Å²) in [5.74, 6) is 0. The summed E-state index contributed by atoms with van der Waals surface area (Å²) in [5, 5.41) is 2.25. The quantitative estimate of drug-likeness (QED) is 0.151. The molecule has 12 aromatic rings. The lowest BCUT2D eigenvalue weighted by molar-refractivity contribution is 0.669. The van der Waals surface area contributed by atoms with Crippen LogP contribution in [-0.4, -0.2) is 0 Å². The van der Waals surface area contributed by atoms with Gasteiger partial charge >= 0.3 is 0 Å². The van der Waals surface area contributed by atoms with E-state index in [4.69, 9.17) is 4.42 Å². The maximum Gasteiger partial charge on any atom is 0.135 e. The average Bonchev–Trinajstić information content (AvgIpc) is 4.06. The molecule has 2 nitrogen and oxygen atoms in total.